The minimum Gasteiger partial charge on any atom is -0.427 e. The fourth-order valence-corrected chi connectivity index (χ4v) is 1.21. The van der Waals surface area contributed by atoms with Crippen LogP contribution >= 0.6 is 0 Å². The Morgan fingerprint density at radius 1 is 1.21 bits per heavy atom. The van der Waals surface area contributed by atoms with Crippen molar-refractivity contribution in [2.45, 2.75) is 20.8 Å². The van der Waals surface area contributed by atoms with Crippen LogP contribution in [0.25, 0.3) is 0 Å². The van der Waals surface area contributed by atoms with E-state index in [1.807, 2.05) is 19.9 Å². The van der Waals surface area contributed by atoms with Gasteiger partial charge in [-0.3, -0.25) is 0 Å². The number of ether oxygens (including phenoxy) is 2. The third kappa shape index (κ3) is 3.09. The van der Waals surface area contributed by atoms with Crippen LogP contribution in [0.3, 0.4) is 0 Å². The average Bonchev–Trinajstić information content (AvgIpc) is 2.01. The van der Waals surface area contributed by atoms with Gasteiger partial charge in [0, 0.05) is 0 Å². The Bertz CT molecular complexity index is 311. The summed E-state index contributed by atoms with van der Waals surface area (Å²) in [6.07, 6.45) is -0.711. The second kappa shape index (κ2) is 4.65. The van der Waals surface area contributed by atoms with Crippen LogP contribution in [0.15, 0.2) is 18.2 Å². The van der Waals surface area contributed by atoms with Gasteiger partial charge in [-0.25, -0.2) is 4.79 Å². The summed E-state index contributed by atoms with van der Waals surface area (Å²) in [5.41, 5.74) is 2.10. The number of rotatable bonds is 2. The zero-order valence-electron chi connectivity index (χ0n) is 8.53. The maximum atomic E-state index is 11.0. The summed E-state index contributed by atoms with van der Waals surface area (Å²) < 4.78 is 9.46. The molecule has 0 atom stereocenters. The Morgan fingerprint density at radius 2 is 1.79 bits per heavy atom. The normalized spacial score (nSPS) is 9.64. The standard InChI is InChI=1S/C11H13O3/c1-4-13-11(12)14-10-6-8(2)5-9(3)7-10/h4-7H,1-3H3. The van der Waals surface area contributed by atoms with E-state index in [0.29, 0.717) is 5.75 Å². The predicted octanol–water partition coefficient (Wildman–Crippen LogP) is 3.00. The molecule has 0 saturated carbocycles. The van der Waals surface area contributed by atoms with Crippen molar-refractivity contribution in [1.82, 2.24) is 0 Å². The second-order valence-corrected chi connectivity index (χ2v) is 3.03. The highest BCUT2D eigenvalue weighted by Crippen LogP contribution is 2.16. The third-order valence-corrected chi connectivity index (χ3v) is 1.61. The van der Waals surface area contributed by atoms with Crippen molar-refractivity contribution in [3.63, 3.8) is 0 Å². The fraction of sp³-hybridized carbons (Fsp3) is 0.273. The van der Waals surface area contributed by atoms with Gasteiger partial charge >= 0.3 is 6.16 Å². The molecule has 3 heteroatoms. The Hall–Kier alpha value is -1.51. The first-order valence-electron chi connectivity index (χ1n) is 4.36. The van der Waals surface area contributed by atoms with Crippen molar-refractivity contribution in [3.05, 3.63) is 35.9 Å². The summed E-state index contributed by atoms with van der Waals surface area (Å²) in [5.74, 6) is 0.509. The number of hydrogen-bond acceptors (Lipinski definition) is 3. The summed E-state index contributed by atoms with van der Waals surface area (Å²) in [5, 5.41) is 0. The highest BCUT2D eigenvalue weighted by molar-refractivity contribution is 5.64. The molecule has 0 aliphatic rings. The molecule has 1 rings (SSSR count). The van der Waals surface area contributed by atoms with Crippen molar-refractivity contribution < 1.29 is 14.3 Å². The van der Waals surface area contributed by atoms with E-state index >= 15 is 0 Å². The summed E-state index contributed by atoms with van der Waals surface area (Å²) >= 11 is 0. The molecule has 0 saturated heterocycles. The second-order valence-electron chi connectivity index (χ2n) is 3.03. The van der Waals surface area contributed by atoms with Gasteiger partial charge in [0.15, 0.2) is 0 Å². The van der Waals surface area contributed by atoms with E-state index in [-0.39, 0.29) is 0 Å². The van der Waals surface area contributed by atoms with Crippen molar-refractivity contribution in [2.75, 3.05) is 0 Å². The zero-order chi connectivity index (χ0) is 10.6. The molecule has 75 valence electrons. The molecule has 14 heavy (non-hydrogen) atoms. The van der Waals surface area contributed by atoms with Crippen LogP contribution in [0.2, 0.25) is 0 Å². The number of aryl methyl sites for hydroxylation is 2. The highest BCUT2D eigenvalue weighted by Gasteiger charge is 2.05. The van der Waals surface area contributed by atoms with Gasteiger partial charge in [-0.1, -0.05) is 6.07 Å². The third-order valence-electron chi connectivity index (χ3n) is 1.61. The van der Waals surface area contributed by atoms with Gasteiger partial charge in [-0.15, -0.1) is 0 Å². The van der Waals surface area contributed by atoms with Gasteiger partial charge in [0.1, 0.15) is 12.4 Å². The lowest BCUT2D eigenvalue weighted by Gasteiger charge is -2.05. The van der Waals surface area contributed by atoms with Gasteiger partial charge < -0.3 is 9.47 Å². The molecule has 0 N–H and O–H groups in total. The zero-order valence-corrected chi connectivity index (χ0v) is 8.53. The quantitative estimate of drug-likeness (QED) is 0.535. The maximum absolute atomic E-state index is 11.0. The van der Waals surface area contributed by atoms with Gasteiger partial charge in [-0.05, 0) is 44.0 Å². The topological polar surface area (TPSA) is 35.5 Å². The monoisotopic (exact) mass is 193 g/mol. The number of carbonyl (C=O) groups is 1. The molecule has 3 nitrogen and oxygen atoms in total. The first kappa shape index (κ1) is 10.6. The highest BCUT2D eigenvalue weighted by atomic mass is 16.7. The molecule has 0 amide bonds. The van der Waals surface area contributed by atoms with Crippen molar-refractivity contribution in [3.8, 4) is 5.75 Å². The predicted molar refractivity (Wildman–Crippen MR) is 53.0 cm³/mol. The van der Waals surface area contributed by atoms with Gasteiger partial charge in [0.25, 0.3) is 0 Å². The van der Waals surface area contributed by atoms with Crippen molar-refractivity contribution in [1.29, 1.82) is 0 Å². The molecule has 0 aromatic heterocycles. The first-order chi connectivity index (χ1) is 6.61. The minimum atomic E-state index is -0.711. The van der Waals surface area contributed by atoms with E-state index < -0.39 is 6.16 Å². The lowest BCUT2D eigenvalue weighted by molar-refractivity contribution is 0.123. The molecule has 1 aromatic rings. The Morgan fingerprint density at radius 3 is 2.29 bits per heavy atom. The van der Waals surface area contributed by atoms with E-state index in [9.17, 15) is 4.79 Å². The molecular formula is C11H13O3. The van der Waals surface area contributed by atoms with Crippen molar-refractivity contribution >= 4 is 6.16 Å². The average molecular weight is 193 g/mol. The van der Waals surface area contributed by atoms with E-state index in [2.05, 4.69) is 4.74 Å². The van der Waals surface area contributed by atoms with Crippen LogP contribution in [0.1, 0.15) is 18.1 Å². The lowest BCUT2D eigenvalue weighted by Crippen LogP contribution is -2.08. The summed E-state index contributed by atoms with van der Waals surface area (Å²) in [6, 6.07) is 5.57. The van der Waals surface area contributed by atoms with Crippen molar-refractivity contribution in [2.24, 2.45) is 0 Å². The Balaban J connectivity index is 2.71. The molecule has 1 aromatic carbocycles. The largest absolute Gasteiger partial charge is 0.514 e. The maximum Gasteiger partial charge on any atom is 0.514 e. The molecule has 0 spiro atoms. The smallest absolute Gasteiger partial charge is 0.427 e. The molecular weight excluding hydrogens is 180 g/mol. The molecule has 0 aliphatic carbocycles. The van der Waals surface area contributed by atoms with Crippen LogP contribution in [0.5, 0.6) is 5.75 Å². The molecule has 0 heterocycles. The van der Waals surface area contributed by atoms with E-state index in [0.717, 1.165) is 11.1 Å². The molecule has 0 fully saturated rings. The van der Waals surface area contributed by atoms with Gasteiger partial charge in [0.2, 0.25) is 0 Å². The molecule has 0 bridgehead atoms. The summed E-state index contributed by atoms with van der Waals surface area (Å²) in [6.45, 7) is 6.78. The van der Waals surface area contributed by atoms with E-state index in [1.54, 1.807) is 19.1 Å². The Labute approximate surface area is 83.6 Å². The Kier molecular flexibility index (Phi) is 3.51. The van der Waals surface area contributed by atoms with E-state index in [1.165, 1.54) is 6.61 Å². The molecule has 0 unspecified atom stereocenters. The SMILES string of the molecule is C[CH]OC(=O)Oc1cc(C)cc(C)c1. The van der Waals surface area contributed by atoms with Gasteiger partial charge in [-0.2, -0.15) is 0 Å². The van der Waals surface area contributed by atoms with Crippen LogP contribution in [-0.2, 0) is 4.74 Å². The first-order valence-corrected chi connectivity index (χ1v) is 4.36. The lowest BCUT2D eigenvalue weighted by atomic mass is 10.1. The van der Waals surface area contributed by atoms with Crippen LogP contribution in [0, 0.1) is 20.5 Å². The summed E-state index contributed by atoms with van der Waals surface area (Å²) in [4.78, 5) is 11.0. The molecule has 0 aliphatic heterocycles. The van der Waals surface area contributed by atoms with E-state index in [4.69, 9.17) is 4.74 Å². The number of benzene rings is 1. The van der Waals surface area contributed by atoms with Crippen LogP contribution in [-0.4, -0.2) is 6.16 Å². The summed E-state index contributed by atoms with van der Waals surface area (Å²) in [7, 11) is 0. The number of hydrogen-bond donors (Lipinski definition) is 0. The van der Waals surface area contributed by atoms with Gasteiger partial charge in [0.05, 0.1) is 0 Å². The minimum absolute atomic E-state index is 0.509. The van der Waals surface area contributed by atoms with Crippen LogP contribution < -0.4 is 4.74 Å². The number of carbonyl (C=O) groups excluding carboxylic acids is 1. The molecule has 1 radical (unpaired) electrons. The van der Waals surface area contributed by atoms with Crippen LogP contribution in [0.4, 0.5) is 4.79 Å². The fourth-order valence-electron chi connectivity index (χ4n) is 1.21.